The highest BCUT2D eigenvalue weighted by molar-refractivity contribution is 6.06. The zero-order valence-corrected chi connectivity index (χ0v) is 18.3. The highest BCUT2D eigenvalue weighted by Crippen LogP contribution is 2.24. The molecule has 1 aliphatic heterocycles. The standard InChI is InChI=1S/C25H29N3O3/c1-4-31-20-10-8-18-14-23(26-22(18)15-20)24(29)27-21-11-9-19(13-16(21)2)25(30)28-12-6-5-7-17(28)3/h8-11,13-15,17,26H,4-7,12H2,1-3H3,(H,27,29). The Kier molecular flexibility index (Phi) is 5.98. The number of ether oxygens (including phenoxy) is 1. The van der Waals surface area contributed by atoms with Crippen LogP contribution >= 0.6 is 0 Å². The van der Waals surface area contributed by atoms with E-state index >= 15 is 0 Å². The zero-order valence-electron chi connectivity index (χ0n) is 18.3. The third-order valence-corrected chi connectivity index (χ3v) is 5.93. The van der Waals surface area contributed by atoms with Crippen LogP contribution in [0.4, 0.5) is 5.69 Å². The molecule has 2 aromatic carbocycles. The first-order chi connectivity index (χ1) is 15.0. The van der Waals surface area contributed by atoms with Gasteiger partial charge < -0.3 is 19.9 Å². The van der Waals surface area contributed by atoms with Crippen molar-refractivity contribution in [3.63, 3.8) is 0 Å². The molecule has 4 rings (SSSR count). The minimum Gasteiger partial charge on any atom is -0.494 e. The molecule has 1 atom stereocenters. The van der Waals surface area contributed by atoms with Crippen LogP contribution in [0.3, 0.4) is 0 Å². The SMILES string of the molecule is CCOc1ccc2cc(C(=O)Nc3ccc(C(=O)N4CCCCC4C)cc3C)[nH]c2c1. The van der Waals surface area contributed by atoms with Crippen LogP contribution in [-0.4, -0.2) is 40.9 Å². The number of likely N-dealkylation sites (tertiary alicyclic amines) is 1. The third kappa shape index (κ3) is 4.43. The molecule has 6 nitrogen and oxygen atoms in total. The smallest absolute Gasteiger partial charge is 0.272 e. The van der Waals surface area contributed by atoms with Crippen LogP contribution < -0.4 is 10.1 Å². The minimum absolute atomic E-state index is 0.0638. The van der Waals surface area contributed by atoms with E-state index in [1.165, 1.54) is 6.42 Å². The molecular weight excluding hydrogens is 390 g/mol. The van der Waals surface area contributed by atoms with Crippen molar-refractivity contribution in [3.05, 3.63) is 59.3 Å². The van der Waals surface area contributed by atoms with E-state index in [-0.39, 0.29) is 17.9 Å². The van der Waals surface area contributed by atoms with Gasteiger partial charge in [-0.3, -0.25) is 9.59 Å². The van der Waals surface area contributed by atoms with Crippen molar-refractivity contribution in [3.8, 4) is 5.75 Å². The molecule has 0 spiro atoms. The minimum atomic E-state index is -0.221. The van der Waals surface area contributed by atoms with Crippen molar-refractivity contribution in [2.45, 2.75) is 46.1 Å². The highest BCUT2D eigenvalue weighted by Gasteiger charge is 2.24. The van der Waals surface area contributed by atoms with Crippen molar-refractivity contribution in [1.82, 2.24) is 9.88 Å². The van der Waals surface area contributed by atoms with Crippen molar-refractivity contribution in [2.24, 2.45) is 0 Å². The van der Waals surface area contributed by atoms with Crippen LogP contribution in [0.15, 0.2) is 42.5 Å². The van der Waals surface area contributed by atoms with E-state index in [1.807, 2.05) is 55.1 Å². The molecule has 2 N–H and O–H groups in total. The molecule has 2 heterocycles. The number of carbonyl (C=O) groups excluding carboxylic acids is 2. The Morgan fingerprint density at radius 3 is 2.74 bits per heavy atom. The maximum Gasteiger partial charge on any atom is 0.272 e. The Morgan fingerprint density at radius 1 is 1.16 bits per heavy atom. The Hall–Kier alpha value is -3.28. The number of H-pyrrole nitrogens is 1. The zero-order chi connectivity index (χ0) is 22.0. The van der Waals surface area contributed by atoms with E-state index in [9.17, 15) is 9.59 Å². The molecule has 1 aromatic heterocycles. The van der Waals surface area contributed by atoms with Gasteiger partial charge in [-0.2, -0.15) is 0 Å². The van der Waals surface area contributed by atoms with Crippen LogP contribution in [0.1, 0.15) is 59.5 Å². The number of rotatable bonds is 5. The van der Waals surface area contributed by atoms with Crippen molar-refractivity contribution in [1.29, 1.82) is 0 Å². The Bertz CT molecular complexity index is 1120. The molecule has 162 valence electrons. The molecule has 1 aliphatic rings. The van der Waals surface area contributed by atoms with E-state index in [0.29, 0.717) is 23.6 Å². The normalized spacial score (nSPS) is 16.4. The van der Waals surface area contributed by atoms with Gasteiger partial charge in [-0.05, 0) is 82.0 Å². The largest absolute Gasteiger partial charge is 0.494 e. The molecule has 1 unspecified atom stereocenters. The van der Waals surface area contributed by atoms with E-state index in [1.54, 1.807) is 6.07 Å². The lowest BCUT2D eigenvalue weighted by Gasteiger charge is -2.33. The summed E-state index contributed by atoms with van der Waals surface area (Å²) in [5.41, 5.74) is 3.55. The van der Waals surface area contributed by atoms with E-state index in [2.05, 4.69) is 17.2 Å². The topological polar surface area (TPSA) is 74.4 Å². The second-order valence-corrected chi connectivity index (χ2v) is 8.19. The van der Waals surface area contributed by atoms with Crippen LogP contribution in [0.5, 0.6) is 5.75 Å². The van der Waals surface area contributed by atoms with Gasteiger partial charge in [0.15, 0.2) is 0 Å². The summed E-state index contributed by atoms with van der Waals surface area (Å²) in [5.74, 6) is 0.609. The van der Waals surface area contributed by atoms with Crippen LogP contribution in [-0.2, 0) is 0 Å². The van der Waals surface area contributed by atoms with Crippen molar-refractivity contribution in [2.75, 3.05) is 18.5 Å². The van der Waals surface area contributed by atoms with Gasteiger partial charge in [0.2, 0.25) is 0 Å². The number of piperidine rings is 1. The number of benzene rings is 2. The monoisotopic (exact) mass is 419 g/mol. The summed E-state index contributed by atoms with van der Waals surface area (Å²) in [6.07, 6.45) is 3.28. The number of fused-ring (bicyclic) bond motifs is 1. The number of hydrogen-bond donors (Lipinski definition) is 2. The molecule has 1 fully saturated rings. The number of aromatic amines is 1. The third-order valence-electron chi connectivity index (χ3n) is 5.93. The summed E-state index contributed by atoms with van der Waals surface area (Å²) < 4.78 is 5.52. The Morgan fingerprint density at radius 2 is 2.00 bits per heavy atom. The fourth-order valence-corrected chi connectivity index (χ4v) is 4.18. The fourth-order valence-electron chi connectivity index (χ4n) is 4.18. The summed E-state index contributed by atoms with van der Waals surface area (Å²) in [6.45, 7) is 7.35. The second-order valence-electron chi connectivity index (χ2n) is 8.19. The van der Waals surface area contributed by atoms with Gasteiger partial charge in [0.05, 0.1) is 6.61 Å². The Balaban J connectivity index is 1.49. The summed E-state index contributed by atoms with van der Waals surface area (Å²) in [6, 6.07) is 13.3. The number of aromatic nitrogens is 1. The molecule has 0 saturated carbocycles. The van der Waals surface area contributed by atoms with Crippen molar-refractivity contribution >= 4 is 28.4 Å². The summed E-state index contributed by atoms with van der Waals surface area (Å²) in [7, 11) is 0. The van der Waals surface area contributed by atoms with Gasteiger partial charge in [-0.1, -0.05) is 0 Å². The first-order valence-corrected chi connectivity index (χ1v) is 10.9. The molecule has 3 aromatic rings. The quantitative estimate of drug-likeness (QED) is 0.601. The summed E-state index contributed by atoms with van der Waals surface area (Å²) in [4.78, 5) is 30.8. The number of nitrogens with zero attached hydrogens (tertiary/aromatic N) is 1. The first kappa shape index (κ1) is 21.0. The van der Waals surface area contributed by atoms with Gasteiger partial charge in [-0.25, -0.2) is 0 Å². The average molecular weight is 420 g/mol. The summed E-state index contributed by atoms with van der Waals surface area (Å²) >= 11 is 0. The van der Waals surface area contributed by atoms with Gasteiger partial charge in [0.1, 0.15) is 11.4 Å². The molecule has 2 amide bonds. The molecule has 0 bridgehead atoms. The maximum absolute atomic E-state index is 12.9. The van der Waals surface area contributed by atoms with E-state index in [4.69, 9.17) is 4.74 Å². The van der Waals surface area contributed by atoms with Crippen LogP contribution in [0.2, 0.25) is 0 Å². The van der Waals surface area contributed by atoms with E-state index in [0.717, 1.165) is 41.6 Å². The number of hydrogen-bond acceptors (Lipinski definition) is 3. The van der Waals surface area contributed by atoms with Crippen molar-refractivity contribution < 1.29 is 14.3 Å². The molecule has 6 heteroatoms. The lowest BCUT2D eigenvalue weighted by atomic mass is 10.0. The molecular formula is C25H29N3O3. The van der Waals surface area contributed by atoms with Gasteiger partial charge in [0.25, 0.3) is 11.8 Å². The maximum atomic E-state index is 12.9. The predicted molar refractivity (Wildman–Crippen MR) is 123 cm³/mol. The van der Waals surface area contributed by atoms with Crippen LogP contribution in [0.25, 0.3) is 10.9 Å². The molecule has 0 aliphatic carbocycles. The van der Waals surface area contributed by atoms with Gasteiger partial charge in [-0.15, -0.1) is 0 Å². The highest BCUT2D eigenvalue weighted by atomic mass is 16.5. The lowest BCUT2D eigenvalue weighted by molar-refractivity contribution is 0.0635. The number of carbonyl (C=O) groups is 2. The Labute approximate surface area is 182 Å². The second kappa shape index (κ2) is 8.84. The molecule has 31 heavy (non-hydrogen) atoms. The van der Waals surface area contributed by atoms with Crippen LogP contribution in [0, 0.1) is 6.92 Å². The fraction of sp³-hybridized carbons (Fsp3) is 0.360. The molecule has 0 radical (unpaired) electrons. The number of aryl methyl sites for hydroxylation is 1. The average Bonchev–Trinajstić information content (AvgIpc) is 3.19. The lowest BCUT2D eigenvalue weighted by Crippen LogP contribution is -2.42. The number of amides is 2. The number of anilines is 1. The molecule has 1 saturated heterocycles. The van der Waals surface area contributed by atoms with E-state index < -0.39 is 0 Å². The predicted octanol–water partition coefficient (Wildman–Crippen LogP) is 5.14. The first-order valence-electron chi connectivity index (χ1n) is 10.9. The number of nitrogens with one attached hydrogen (secondary N) is 2. The summed E-state index contributed by atoms with van der Waals surface area (Å²) in [5, 5.41) is 3.90. The van der Waals surface area contributed by atoms with Gasteiger partial charge in [0, 0.05) is 40.8 Å². The van der Waals surface area contributed by atoms with Gasteiger partial charge >= 0.3 is 0 Å².